The Labute approximate surface area is 160 Å². The van der Waals surface area contributed by atoms with Crippen molar-refractivity contribution in [1.82, 2.24) is 14.9 Å². The van der Waals surface area contributed by atoms with Crippen LogP contribution in [0.4, 0.5) is 0 Å². The molecular formula is C18H17ClN4O2S. The molecule has 1 amide bonds. The third-order valence-electron chi connectivity index (χ3n) is 3.43. The molecule has 0 aliphatic rings. The molecule has 3 rings (SSSR count). The van der Waals surface area contributed by atoms with Crippen LogP contribution in [-0.4, -0.2) is 27.4 Å². The van der Waals surface area contributed by atoms with Gasteiger partial charge in [-0.15, -0.1) is 10.2 Å². The molecule has 3 aromatic rings. The number of benzene rings is 2. The van der Waals surface area contributed by atoms with Crippen molar-refractivity contribution in [1.29, 1.82) is 0 Å². The number of rotatable bonds is 7. The van der Waals surface area contributed by atoms with E-state index in [0.29, 0.717) is 21.8 Å². The van der Waals surface area contributed by atoms with E-state index in [0.717, 1.165) is 5.75 Å². The van der Waals surface area contributed by atoms with Gasteiger partial charge in [-0.3, -0.25) is 10.2 Å². The molecular weight excluding hydrogens is 372 g/mol. The Morgan fingerprint density at radius 1 is 1.15 bits per heavy atom. The number of hydrogen-bond donors (Lipinski definition) is 1. The molecule has 6 nitrogen and oxygen atoms in total. The molecule has 0 aliphatic heterocycles. The van der Waals surface area contributed by atoms with Crippen LogP contribution in [0.5, 0.6) is 5.75 Å². The van der Waals surface area contributed by atoms with Crippen LogP contribution in [0.25, 0.3) is 0 Å². The minimum absolute atomic E-state index is 0.123. The van der Waals surface area contributed by atoms with E-state index in [9.17, 15) is 4.79 Å². The first-order valence-corrected chi connectivity index (χ1v) is 9.25. The number of nitrogens with one attached hydrogen (secondary N) is 1. The summed E-state index contributed by atoms with van der Waals surface area (Å²) < 4.78 is 7.02. The maximum atomic E-state index is 12.2. The molecule has 0 fully saturated rings. The zero-order valence-corrected chi connectivity index (χ0v) is 15.6. The molecule has 2 aromatic carbocycles. The molecule has 0 atom stereocenters. The molecule has 0 radical (unpaired) electrons. The van der Waals surface area contributed by atoms with Crippen LogP contribution < -0.4 is 10.2 Å². The van der Waals surface area contributed by atoms with E-state index in [4.69, 9.17) is 16.3 Å². The van der Waals surface area contributed by atoms with Gasteiger partial charge in [-0.05, 0) is 36.8 Å². The standard InChI is InChI=1S/C18H17ClN4O2S/c1-13-20-21-18(26-12-14-5-3-2-4-6-14)23(13)22-17(24)11-25-16-9-7-15(19)8-10-16/h2-10H,11-12H2,1H3,(H,22,24). The lowest BCUT2D eigenvalue weighted by Gasteiger charge is -2.11. The number of thioether (sulfide) groups is 1. The second kappa shape index (κ2) is 8.73. The third-order valence-corrected chi connectivity index (χ3v) is 4.68. The molecule has 0 saturated carbocycles. The van der Waals surface area contributed by atoms with Crippen molar-refractivity contribution in [3.05, 3.63) is 71.0 Å². The predicted octanol–water partition coefficient (Wildman–Crippen LogP) is 3.68. The Bertz CT molecular complexity index is 869. The van der Waals surface area contributed by atoms with Crippen molar-refractivity contribution in [3.63, 3.8) is 0 Å². The van der Waals surface area contributed by atoms with Crippen LogP contribution in [0.15, 0.2) is 59.8 Å². The molecule has 1 heterocycles. The number of aromatic nitrogens is 3. The Kier molecular flexibility index (Phi) is 6.14. The number of ether oxygens (including phenoxy) is 1. The quantitative estimate of drug-likeness (QED) is 0.625. The maximum Gasteiger partial charge on any atom is 0.276 e. The molecule has 0 bridgehead atoms. The van der Waals surface area contributed by atoms with Crippen molar-refractivity contribution in [2.75, 3.05) is 12.0 Å². The van der Waals surface area contributed by atoms with E-state index in [-0.39, 0.29) is 12.5 Å². The van der Waals surface area contributed by atoms with Crippen molar-refractivity contribution < 1.29 is 9.53 Å². The molecule has 0 unspecified atom stereocenters. The van der Waals surface area contributed by atoms with Crippen LogP contribution in [-0.2, 0) is 10.5 Å². The van der Waals surface area contributed by atoms with Crippen LogP contribution in [0.1, 0.15) is 11.4 Å². The molecule has 8 heteroatoms. The first kappa shape index (κ1) is 18.3. The molecule has 0 aliphatic carbocycles. The Morgan fingerprint density at radius 3 is 2.62 bits per heavy atom. The molecule has 1 aromatic heterocycles. The number of carbonyl (C=O) groups is 1. The SMILES string of the molecule is Cc1nnc(SCc2ccccc2)n1NC(=O)COc1ccc(Cl)cc1. The fourth-order valence-corrected chi connectivity index (χ4v) is 3.14. The van der Waals surface area contributed by atoms with E-state index in [1.807, 2.05) is 30.3 Å². The summed E-state index contributed by atoms with van der Waals surface area (Å²) in [7, 11) is 0. The number of halogens is 1. The first-order chi connectivity index (χ1) is 12.6. The predicted molar refractivity (Wildman–Crippen MR) is 102 cm³/mol. The second-order valence-electron chi connectivity index (χ2n) is 5.42. The van der Waals surface area contributed by atoms with Crippen LogP contribution in [0.3, 0.4) is 0 Å². The largest absolute Gasteiger partial charge is 0.484 e. The summed E-state index contributed by atoms with van der Waals surface area (Å²) in [5.41, 5.74) is 3.93. The fraction of sp³-hybridized carbons (Fsp3) is 0.167. The molecule has 134 valence electrons. The van der Waals surface area contributed by atoms with Crippen LogP contribution in [0, 0.1) is 6.92 Å². The fourth-order valence-electron chi connectivity index (χ4n) is 2.12. The molecule has 26 heavy (non-hydrogen) atoms. The van der Waals surface area contributed by atoms with Gasteiger partial charge in [0.15, 0.2) is 6.61 Å². The Hall–Kier alpha value is -2.51. The van der Waals surface area contributed by atoms with Crippen LogP contribution in [0.2, 0.25) is 5.02 Å². The van der Waals surface area contributed by atoms with Crippen LogP contribution >= 0.6 is 23.4 Å². The monoisotopic (exact) mass is 388 g/mol. The summed E-state index contributed by atoms with van der Waals surface area (Å²) in [6.07, 6.45) is 0. The van der Waals surface area contributed by atoms with Gasteiger partial charge in [-0.2, -0.15) is 0 Å². The lowest BCUT2D eigenvalue weighted by Crippen LogP contribution is -2.29. The number of amides is 1. The van der Waals surface area contributed by atoms with Gasteiger partial charge < -0.3 is 4.74 Å². The summed E-state index contributed by atoms with van der Waals surface area (Å²) in [6.45, 7) is 1.65. The second-order valence-corrected chi connectivity index (χ2v) is 6.80. The Balaban J connectivity index is 1.57. The van der Waals surface area contributed by atoms with Gasteiger partial charge in [-0.1, -0.05) is 53.7 Å². The van der Waals surface area contributed by atoms with Gasteiger partial charge >= 0.3 is 0 Å². The van der Waals surface area contributed by atoms with E-state index >= 15 is 0 Å². The summed E-state index contributed by atoms with van der Waals surface area (Å²) in [6, 6.07) is 16.9. The first-order valence-electron chi connectivity index (χ1n) is 7.89. The number of hydrogen-bond acceptors (Lipinski definition) is 5. The highest BCUT2D eigenvalue weighted by Crippen LogP contribution is 2.21. The molecule has 0 saturated heterocycles. The van der Waals surface area contributed by atoms with Crippen molar-refractivity contribution in [2.24, 2.45) is 0 Å². The van der Waals surface area contributed by atoms with Crippen molar-refractivity contribution in [2.45, 2.75) is 17.8 Å². The van der Waals surface area contributed by atoms with Crippen molar-refractivity contribution >= 4 is 29.3 Å². The number of aryl methyl sites for hydroxylation is 1. The lowest BCUT2D eigenvalue weighted by atomic mass is 10.2. The molecule has 0 spiro atoms. The number of nitrogens with zero attached hydrogens (tertiary/aromatic N) is 3. The number of carbonyl (C=O) groups excluding carboxylic acids is 1. The highest BCUT2D eigenvalue weighted by Gasteiger charge is 2.13. The highest BCUT2D eigenvalue weighted by molar-refractivity contribution is 7.98. The van der Waals surface area contributed by atoms with Gasteiger partial charge in [0.2, 0.25) is 5.16 Å². The minimum Gasteiger partial charge on any atom is -0.484 e. The van der Waals surface area contributed by atoms with Gasteiger partial charge in [0, 0.05) is 10.8 Å². The van der Waals surface area contributed by atoms with E-state index < -0.39 is 0 Å². The average molecular weight is 389 g/mol. The van der Waals surface area contributed by atoms with E-state index in [1.165, 1.54) is 17.3 Å². The average Bonchev–Trinajstić information content (AvgIpc) is 3.00. The third kappa shape index (κ3) is 5.00. The zero-order valence-electron chi connectivity index (χ0n) is 14.1. The topological polar surface area (TPSA) is 69.0 Å². The van der Waals surface area contributed by atoms with Gasteiger partial charge in [0.25, 0.3) is 5.91 Å². The zero-order chi connectivity index (χ0) is 18.4. The lowest BCUT2D eigenvalue weighted by molar-refractivity contribution is -0.119. The summed E-state index contributed by atoms with van der Waals surface area (Å²) >= 11 is 7.32. The van der Waals surface area contributed by atoms with Gasteiger partial charge in [-0.25, -0.2) is 4.68 Å². The maximum absolute atomic E-state index is 12.2. The van der Waals surface area contributed by atoms with Crippen molar-refractivity contribution in [3.8, 4) is 5.75 Å². The van der Waals surface area contributed by atoms with Gasteiger partial charge in [0.05, 0.1) is 0 Å². The minimum atomic E-state index is -0.301. The smallest absolute Gasteiger partial charge is 0.276 e. The summed E-state index contributed by atoms with van der Waals surface area (Å²) in [4.78, 5) is 12.2. The van der Waals surface area contributed by atoms with E-state index in [1.54, 1.807) is 35.9 Å². The normalized spacial score (nSPS) is 10.5. The summed E-state index contributed by atoms with van der Waals surface area (Å²) in [5, 5.41) is 9.38. The summed E-state index contributed by atoms with van der Waals surface area (Å²) in [5.74, 6) is 1.60. The van der Waals surface area contributed by atoms with E-state index in [2.05, 4.69) is 15.6 Å². The molecule has 1 N–H and O–H groups in total. The van der Waals surface area contributed by atoms with Gasteiger partial charge in [0.1, 0.15) is 11.6 Å². The highest BCUT2D eigenvalue weighted by atomic mass is 35.5. The Morgan fingerprint density at radius 2 is 1.88 bits per heavy atom.